The van der Waals surface area contributed by atoms with Gasteiger partial charge in [-0.2, -0.15) is 0 Å². The van der Waals surface area contributed by atoms with Gasteiger partial charge in [0.05, 0.1) is 19.3 Å². The summed E-state index contributed by atoms with van der Waals surface area (Å²) in [5.41, 5.74) is -0.163. The van der Waals surface area contributed by atoms with Gasteiger partial charge >= 0.3 is 0 Å². The van der Waals surface area contributed by atoms with Crippen LogP contribution in [0, 0.1) is 11.3 Å². The van der Waals surface area contributed by atoms with Gasteiger partial charge in [0.1, 0.15) is 0 Å². The van der Waals surface area contributed by atoms with E-state index in [4.69, 9.17) is 9.47 Å². The average Bonchev–Trinajstić information content (AvgIpc) is 2.73. The predicted octanol–water partition coefficient (Wildman–Crippen LogP) is 7.30. The summed E-state index contributed by atoms with van der Waals surface area (Å²) in [4.78, 5) is 0. The van der Waals surface area contributed by atoms with E-state index < -0.39 is 0 Å². The fraction of sp³-hybridized carbons (Fsp3) is 1.00. The molecule has 0 amide bonds. The minimum atomic E-state index is -0.163. The highest BCUT2D eigenvalue weighted by Gasteiger charge is 2.53. The molecule has 3 heteroatoms. The summed E-state index contributed by atoms with van der Waals surface area (Å²) < 4.78 is 11.4. The standard InChI is InChI=1S/C26H52O3/c1-4-5-6-7-8-9-10-11-12-13-14-15-16-17-18-19-20-29-25-21-24(2)26(25,22-27)23-28-3/h24-25,27H,4-23H2,1-3H3. The first-order chi connectivity index (χ1) is 14.2. The lowest BCUT2D eigenvalue weighted by Gasteiger charge is -2.53. The lowest BCUT2D eigenvalue weighted by Crippen LogP contribution is -2.58. The fourth-order valence-corrected chi connectivity index (χ4v) is 4.86. The molecule has 1 rings (SSSR count). The van der Waals surface area contributed by atoms with E-state index in [9.17, 15) is 5.11 Å². The lowest BCUT2D eigenvalue weighted by molar-refractivity contribution is -0.194. The van der Waals surface area contributed by atoms with Crippen LogP contribution in [-0.4, -0.2) is 38.1 Å². The van der Waals surface area contributed by atoms with Crippen LogP contribution in [0.2, 0.25) is 0 Å². The quantitative estimate of drug-likeness (QED) is 0.201. The lowest BCUT2D eigenvalue weighted by atomic mass is 9.59. The molecule has 29 heavy (non-hydrogen) atoms. The van der Waals surface area contributed by atoms with Crippen LogP contribution in [0.25, 0.3) is 0 Å². The van der Waals surface area contributed by atoms with Gasteiger partial charge in [-0.3, -0.25) is 0 Å². The first-order valence-electron chi connectivity index (χ1n) is 12.9. The molecule has 3 unspecified atom stereocenters. The Morgan fingerprint density at radius 3 is 1.59 bits per heavy atom. The number of methoxy groups -OCH3 is 1. The Hall–Kier alpha value is -0.120. The maximum Gasteiger partial charge on any atom is 0.0680 e. The second-order valence-electron chi connectivity index (χ2n) is 9.62. The Balaban J connectivity index is 1.82. The van der Waals surface area contributed by atoms with Crippen molar-refractivity contribution in [3.05, 3.63) is 0 Å². The molecule has 0 aromatic rings. The van der Waals surface area contributed by atoms with E-state index in [2.05, 4.69) is 13.8 Å². The number of ether oxygens (including phenoxy) is 2. The highest BCUT2D eigenvalue weighted by atomic mass is 16.5. The molecular weight excluding hydrogens is 360 g/mol. The van der Waals surface area contributed by atoms with Crippen LogP contribution >= 0.6 is 0 Å². The molecule has 0 bridgehead atoms. The van der Waals surface area contributed by atoms with E-state index in [1.165, 1.54) is 96.3 Å². The molecule has 1 aliphatic rings. The van der Waals surface area contributed by atoms with Crippen LogP contribution in [-0.2, 0) is 9.47 Å². The zero-order chi connectivity index (χ0) is 21.2. The normalized spacial score (nSPS) is 24.0. The van der Waals surface area contributed by atoms with Crippen LogP contribution in [0.5, 0.6) is 0 Å². The van der Waals surface area contributed by atoms with Crippen molar-refractivity contribution in [2.75, 3.05) is 26.9 Å². The molecule has 0 radical (unpaired) electrons. The van der Waals surface area contributed by atoms with Crippen LogP contribution in [0.3, 0.4) is 0 Å². The average molecular weight is 413 g/mol. The Labute approximate surface area is 182 Å². The zero-order valence-corrected chi connectivity index (χ0v) is 20.1. The topological polar surface area (TPSA) is 38.7 Å². The minimum absolute atomic E-state index is 0.163. The molecule has 3 atom stereocenters. The highest BCUT2D eigenvalue weighted by Crippen LogP contribution is 2.48. The first kappa shape index (κ1) is 26.9. The monoisotopic (exact) mass is 412 g/mol. The van der Waals surface area contributed by atoms with Gasteiger partial charge in [0, 0.05) is 19.1 Å². The summed E-state index contributed by atoms with van der Waals surface area (Å²) in [5.74, 6) is 0.489. The number of aliphatic hydroxyl groups is 1. The zero-order valence-electron chi connectivity index (χ0n) is 20.1. The van der Waals surface area contributed by atoms with Gasteiger partial charge in [-0.05, 0) is 18.8 Å². The van der Waals surface area contributed by atoms with Crippen molar-refractivity contribution in [2.24, 2.45) is 11.3 Å². The molecule has 174 valence electrons. The first-order valence-corrected chi connectivity index (χ1v) is 12.9. The minimum Gasteiger partial charge on any atom is -0.396 e. The van der Waals surface area contributed by atoms with Crippen LogP contribution < -0.4 is 0 Å². The molecule has 1 fully saturated rings. The Bertz CT molecular complexity index is 360. The predicted molar refractivity (Wildman–Crippen MR) is 124 cm³/mol. The molecule has 3 nitrogen and oxygen atoms in total. The fourth-order valence-electron chi connectivity index (χ4n) is 4.86. The largest absolute Gasteiger partial charge is 0.396 e. The molecule has 0 heterocycles. The van der Waals surface area contributed by atoms with Gasteiger partial charge in [0.2, 0.25) is 0 Å². The third-order valence-corrected chi connectivity index (χ3v) is 7.21. The Morgan fingerprint density at radius 1 is 0.759 bits per heavy atom. The number of rotatable bonds is 21. The third kappa shape index (κ3) is 10.6. The summed E-state index contributed by atoms with van der Waals surface area (Å²) in [6.07, 6.45) is 23.6. The van der Waals surface area contributed by atoms with E-state index in [0.29, 0.717) is 12.5 Å². The summed E-state index contributed by atoms with van der Waals surface area (Å²) in [5, 5.41) is 9.79. The van der Waals surface area contributed by atoms with Gasteiger partial charge in [0.25, 0.3) is 0 Å². The van der Waals surface area contributed by atoms with Crippen LogP contribution in [0.15, 0.2) is 0 Å². The number of unbranched alkanes of at least 4 members (excludes halogenated alkanes) is 15. The smallest absolute Gasteiger partial charge is 0.0680 e. The van der Waals surface area contributed by atoms with Crippen molar-refractivity contribution in [1.82, 2.24) is 0 Å². The third-order valence-electron chi connectivity index (χ3n) is 7.21. The van der Waals surface area contributed by atoms with Gasteiger partial charge in [0.15, 0.2) is 0 Å². The van der Waals surface area contributed by atoms with Crippen molar-refractivity contribution < 1.29 is 14.6 Å². The van der Waals surface area contributed by atoms with Crippen LogP contribution in [0.4, 0.5) is 0 Å². The molecule has 1 saturated carbocycles. The maximum atomic E-state index is 9.79. The molecule has 0 aromatic heterocycles. The SMILES string of the molecule is CCCCCCCCCCCCCCCCCCOC1CC(C)C1(CO)COC. The van der Waals surface area contributed by atoms with Crippen molar-refractivity contribution in [1.29, 1.82) is 0 Å². The van der Waals surface area contributed by atoms with Gasteiger partial charge < -0.3 is 14.6 Å². The van der Waals surface area contributed by atoms with Crippen molar-refractivity contribution >= 4 is 0 Å². The number of aliphatic hydroxyl groups excluding tert-OH is 1. The van der Waals surface area contributed by atoms with E-state index in [0.717, 1.165) is 19.4 Å². The summed E-state index contributed by atoms with van der Waals surface area (Å²) in [6, 6.07) is 0. The van der Waals surface area contributed by atoms with E-state index in [1.54, 1.807) is 7.11 Å². The molecule has 0 aromatic carbocycles. The highest BCUT2D eigenvalue weighted by molar-refractivity contribution is 5.01. The summed E-state index contributed by atoms with van der Waals surface area (Å²) >= 11 is 0. The van der Waals surface area contributed by atoms with Gasteiger partial charge in [-0.1, -0.05) is 110 Å². The molecule has 0 aliphatic heterocycles. The molecule has 0 saturated heterocycles. The summed E-state index contributed by atoms with van der Waals surface area (Å²) in [7, 11) is 1.72. The van der Waals surface area contributed by atoms with Crippen molar-refractivity contribution in [3.8, 4) is 0 Å². The number of hydrogen-bond donors (Lipinski definition) is 1. The molecular formula is C26H52O3. The van der Waals surface area contributed by atoms with Crippen molar-refractivity contribution in [3.63, 3.8) is 0 Å². The maximum absolute atomic E-state index is 9.79. The van der Waals surface area contributed by atoms with Gasteiger partial charge in [-0.15, -0.1) is 0 Å². The van der Waals surface area contributed by atoms with E-state index >= 15 is 0 Å². The van der Waals surface area contributed by atoms with E-state index in [1.807, 2.05) is 0 Å². The summed E-state index contributed by atoms with van der Waals surface area (Å²) in [6.45, 7) is 6.10. The molecule has 0 spiro atoms. The van der Waals surface area contributed by atoms with E-state index in [-0.39, 0.29) is 18.1 Å². The van der Waals surface area contributed by atoms with Gasteiger partial charge in [-0.25, -0.2) is 0 Å². The van der Waals surface area contributed by atoms with Crippen molar-refractivity contribution in [2.45, 2.75) is 129 Å². The Kier molecular flexibility index (Phi) is 16.3. The number of hydrogen-bond acceptors (Lipinski definition) is 3. The second-order valence-corrected chi connectivity index (χ2v) is 9.62. The molecule has 1 N–H and O–H groups in total. The Morgan fingerprint density at radius 2 is 1.21 bits per heavy atom. The molecule has 1 aliphatic carbocycles. The second kappa shape index (κ2) is 17.5. The van der Waals surface area contributed by atoms with Crippen LogP contribution in [0.1, 0.15) is 123 Å².